The van der Waals surface area contributed by atoms with E-state index in [-0.39, 0.29) is 23.0 Å². The molecule has 222 valence electrons. The number of piperazine rings is 1. The number of benzene rings is 2. The molecule has 1 N–H and O–H groups in total. The van der Waals surface area contributed by atoms with Crippen LogP contribution in [-0.4, -0.2) is 71.7 Å². The van der Waals surface area contributed by atoms with E-state index in [0.29, 0.717) is 24.0 Å². The Hall–Kier alpha value is -2.81. The van der Waals surface area contributed by atoms with Crippen LogP contribution in [0.1, 0.15) is 70.8 Å². The summed E-state index contributed by atoms with van der Waals surface area (Å²) in [5, 5.41) is 4.31. The second-order valence-electron chi connectivity index (χ2n) is 12.4. The van der Waals surface area contributed by atoms with E-state index in [1.54, 1.807) is 12.1 Å². The third-order valence-corrected chi connectivity index (χ3v) is 9.34. The number of piperidine rings is 1. The number of fused-ring (bicyclic) bond motifs is 1. The van der Waals surface area contributed by atoms with Crippen LogP contribution < -0.4 is 15.8 Å². The van der Waals surface area contributed by atoms with E-state index in [4.69, 9.17) is 4.98 Å². The normalized spacial score (nSPS) is 22.4. The van der Waals surface area contributed by atoms with Gasteiger partial charge in [0.15, 0.2) is 0 Å². The summed E-state index contributed by atoms with van der Waals surface area (Å²) < 4.78 is 16.0. The van der Waals surface area contributed by atoms with E-state index in [9.17, 15) is 9.18 Å². The van der Waals surface area contributed by atoms with Gasteiger partial charge in [-0.1, -0.05) is 25.5 Å². The smallest absolute Gasteiger partial charge is 0.261 e. The summed E-state index contributed by atoms with van der Waals surface area (Å²) in [4.78, 5) is 26.3. The molecule has 0 aliphatic carbocycles. The van der Waals surface area contributed by atoms with E-state index in [0.717, 1.165) is 74.5 Å². The minimum atomic E-state index is -0.214. The Morgan fingerprint density at radius 3 is 2.39 bits per heavy atom. The van der Waals surface area contributed by atoms with E-state index in [1.807, 2.05) is 29.7 Å². The first-order valence-corrected chi connectivity index (χ1v) is 15.4. The van der Waals surface area contributed by atoms with Crippen LogP contribution in [0, 0.1) is 5.82 Å². The highest BCUT2D eigenvalue weighted by Gasteiger charge is 2.38. The number of rotatable bonds is 8. The second kappa shape index (κ2) is 12.2. The number of nitrogens with zero attached hydrogens (tertiary/aromatic N) is 5. The molecule has 5 rings (SSSR count). The van der Waals surface area contributed by atoms with Gasteiger partial charge in [-0.2, -0.15) is 0 Å². The van der Waals surface area contributed by atoms with E-state index in [2.05, 4.69) is 60.9 Å². The highest BCUT2D eigenvalue weighted by atomic mass is 19.1. The van der Waals surface area contributed by atoms with Crippen LogP contribution in [0.3, 0.4) is 0 Å². The number of aromatic nitrogens is 2. The fraction of sp³-hybridized carbons (Fsp3) is 0.576. The van der Waals surface area contributed by atoms with Gasteiger partial charge in [0.05, 0.1) is 16.9 Å². The van der Waals surface area contributed by atoms with Gasteiger partial charge in [0, 0.05) is 56.0 Å². The van der Waals surface area contributed by atoms with Gasteiger partial charge in [0.25, 0.3) is 5.56 Å². The van der Waals surface area contributed by atoms with Gasteiger partial charge in [0.1, 0.15) is 11.6 Å². The molecule has 2 saturated heterocycles. The zero-order valence-corrected chi connectivity index (χ0v) is 25.7. The summed E-state index contributed by atoms with van der Waals surface area (Å²) in [5.41, 5.74) is 2.68. The molecule has 8 heteroatoms. The van der Waals surface area contributed by atoms with Crippen LogP contribution in [0.2, 0.25) is 0 Å². The minimum Gasteiger partial charge on any atom is -0.371 e. The van der Waals surface area contributed by atoms with Gasteiger partial charge in [-0.25, -0.2) is 9.37 Å². The van der Waals surface area contributed by atoms with Gasteiger partial charge < -0.3 is 10.2 Å². The van der Waals surface area contributed by atoms with E-state index in [1.165, 1.54) is 6.07 Å². The zero-order chi connectivity index (χ0) is 29.3. The Morgan fingerprint density at radius 1 is 1.07 bits per heavy atom. The van der Waals surface area contributed by atoms with Crippen molar-refractivity contribution in [2.75, 3.05) is 45.2 Å². The summed E-state index contributed by atoms with van der Waals surface area (Å²) in [6.45, 7) is 12.9. The molecule has 0 bridgehead atoms. The first-order valence-electron chi connectivity index (χ1n) is 15.4. The molecule has 1 aromatic heterocycles. The maximum Gasteiger partial charge on any atom is 0.261 e. The lowest BCUT2D eigenvalue weighted by Crippen LogP contribution is -2.55. The number of halogens is 1. The SMILES string of the molecule is CCCC(c1nc2ccc(N3CCC(c4cccc(F)c4)(N(C)C)CC3)cc2c(=O)n1CC)N1C[C@@H](C)N[C@@H](C)C1. The monoisotopic (exact) mass is 562 g/mol. The molecule has 3 heterocycles. The highest BCUT2D eigenvalue weighted by molar-refractivity contribution is 5.82. The molecule has 2 aliphatic rings. The summed E-state index contributed by atoms with van der Waals surface area (Å²) in [6, 6.07) is 14.1. The van der Waals surface area contributed by atoms with Gasteiger partial charge in [-0.3, -0.25) is 19.2 Å². The number of hydrogen-bond acceptors (Lipinski definition) is 6. The Balaban J connectivity index is 1.45. The lowest BCUT2D eigenvalue weighted by Gasteiger charge is -2.47. The van der Waals surface area contributed by atoms with Crippen LogP contribution in [0.5, 0.6) is 0 Å². The Morgan fingerprint density at radius 2 is 1.78 bits per heavy atom. The Bertz CT molecular complexity index is 1400. The fourth-order valence-electron chi connectivity index (χ4n) is 7.26. The van der Waals surface area contributed by atoms with Crippen molar-refractivity contribution < 1.29 is 4.39 Å². The number of anilines is 1. The van der Waals surface area contributed by atoms with Crippen LogP contribution in [-0.2, 0) is 12.1 Å². The molecular formula is C33H47FN6O. The molecule has 41 heavy (non-hydrogen) atoms. The quantitative estimate of drug-likeness (QED) is 0.411. The average molecular weight is 563 g/mol. The van der Waals surface area contributed by atoms with Crippen molar-refractivity contribution in [3.05, 3.63) is 70.0 Å². The standard InChI is InChI=1S/C33H47FN6O/c1-7-10-30(39-21-23(3)35-24(4)22-39)31-36-29-14-13-27(20-28(29)32(41)40(31)8-2)38-17-15-33(16-18-38,37(5)6)25-11-9-12-26(34)19-25/h9,11-14,19-20,23-24,30,35H,7-8,10,15-18,21-22H2,1-6H3/t23-,24+,30?. The van der Waals surface area contributed by atoms with E-state index >= 15 is 0 Å². The first kappa shape index (κ1) is 29.7. The van der Waals surface area contributed by atoms with Gasteiger partial charge in [-0.15, -0.1) is 0 Å². The third kappa shape index (κ3) is 5.79. The van der Waals surface area contributed by atoms with Crippen molar-refractivity contribution in [1.82, 2.24) is 24.7 Å². The molecule has 2 aromatic carbocycles. The summed E-state index contributed by atoms with van der Waals surface area (Å²) in [7, 11) is 4.17. The topological polar surface area (TPSA) is 56.6 Å². The second-order valence-corrected chi connectivity index (χ2v) is 12.4. The molecule has 0 radical (unpaired) electrons. The van der Waals surface area contributed by atoms with Crippen LogP contribution in [0.15, 0.2) is 47.3 Å². The van der Waals surface area contributed by atoms with Crippen LogP contribution >= 0.6 is 0 Å². The van der Waals surface area contributed by atoms with Crippen LogP contribution in [0.4, 0.5) is 10.1 Å². The van der Waals surface area contributed by atoms with Gasteiger partial charge in [0.2, 0.25) is 0 Å². The summed E-state index contributed by atoms with van der Waals surface area (Å²) >= 11 is 0. The summed E-state index contributed by atoms with van der Waals surface area (Å²) in [6.07, 6.45) is 3.76. The predicted molar refractivity (Wildman–Crippen MR) is 166 cm³/mol. The molecule has 3 aromatic rings. The summed E-state index contributed by atoms with van der Waals surface area (Å²) in [5.74, 6) is 0.701. The van der Waals surface area contributed by atoms with Crippen molar-refractivity contribution in [1.29, 1.82) is 0 Å². The molecule has 2 fully saturated rings. The van der Waals surface area contributed by atoms with Crippen molar-refractivity contribution in [2.45, 2.75) is 83.6 Å². The fourth-order valence-corrected chi connectivity index (χ4v) is 7.26. The van der Waals surface area contributed by atoms with Gasteiger partial charge in [-0.05, 0) is 90.0 Å². The van der Waals surface area contributed by atoms with Crippen molar-refractivity contribution in [2.24, 2.45) is 0 Å². The molecule has 3 atom stereocenters. The van der Waals surface area contributed by atoms with E-state index < -0.39 is 0 Å². The van der Waals surface area contributed by atoms with Crippen LogP contribution in [0.25, 0.3) is 10.9 Å². The molecule has 7 nitrogen and oxygen atoms in total. The molecule has 0 saturated carbocycles. The lowest BCUT2D eigenvalue weighted by atomic mass is 9.79. The maximum absolute atomic E-state index is 14.1. The highest BCUT2D eigenvalue weighted by Crippen LogP contribution is 2.39. The first-order chi connectivity index (χ1) is 19.7. The zero-order valence-electron chi connectivity index (χ0n) is 25.7. The lowest BCUT2D eigenvalue weighted by molar-refractivity contribution is 0.109. The minimum absolute atomic E-state index is 0.0473. The molecule has 0 spiro atoms. The third-order valence-electron chi connectivity index (χ3n) is 9.34. The average Bonchev–Trinajstić information content (AvgIpc) is 2.95. The molecule has 1 unspecified atom stereocenters. The maximum atomic E-state index is 14.1. The van der Waals surface area contributed by atoms with Crippen molar-refractivity contribution in [3.63, 3.8) is 0 Å². The van der Waals surface area contributed by atoms with Gasteiger partial charge >= 0.3 is 0 Å². The Labute approximate surface area is 244 Å². The Kier molecular flexibility index (Phi) is 8.83. The molecule has 0 amide bonds. The largest absolute Gasteiger partial charge is 0.371 e. The number of nitrogens with one attached hydrogen (secondary N) is 1. The number of hydrogen-bond donors (Lipinski definition) is 1. The van der Waals surface area contributed by atoms with Crippen molar-refractivity contribution in [3.8, 4) is 0 Å². The molecule has 2 aliphatic heterocycles. The predicted octanol–water partition coefficient (Wildman–Crippen LogP) is 5.14. The van der Waals surface area contributed by atoms with Crippen molar-refractivity contribution >= 4 is 16.6 Å². The molecular weight excluding hydrogens is 515 g/mol.